The molecule has 3 N–H and O–H groups in total. The Bertz CT molecular complexity index is 624. The van der Waals surface area contributed by atoms with Crippen LogP contribution < -0.4 is 5.32 Å². The Hall–Kier alpha value is -2.47. The molecule has 0 heterocycles. The van der Waals surface area contributed by atoms with Crippen molar-refractivity contribution in [3.63, 3.8) is 0 Å². The maximum atomic E-state index is 13.4. The average Bonchev–Trinajstić information content (AvgIpc) is 2.45. The van der Waals surface area contributed by atoms with Crippen molar-refractivity contribution < 1.29 is 23.8 Å². The molecule has 0 saturated carbocycles. The van der Waals surface area contributed by atoms with Crippen molar-refractivity contribution in [3.05, 3.63) is 65.2 Å². The normalized spacial score (nSPS) is 12.0. The second-order valence-electron chi connectivity index (χ2n) is 4.41. The van der Waals surface area contributed by atoms with Crippen LogP contribution in [-0.2, 0) is 0 Å². The molecule has 2 rings (SSSR count). The van der Waals surface area contributed by atoms with Crippen molar-refractivity contribution in [1.29, 1.82) is 0 Å². The Morgan fingerprint density at radius 3 is 2.24 bits per heavy atom. The molecule has 0 bridgehead atoms. The number of carbonyl (C=O) groups is 1. The lowest BCUT2D eigenvalue weighted by Crippen LogP contribution is -2.29. The molecule has 2 aromatic carbocycles. The van der Waals surface area contributed by atoms with Gasteiger partial charge in [0.1, 0.15) is 22.9 Å². The van der Waals surface area contributed by atoms with Crippen LogP contribution in [0.2, 0.25) is 0 Å². The van der Waals surface area contributed by atoms with E-state index in [0.29, 0.717) is 5.56 Å². The fourth-order valence-electron chi connectivity index (χ4n) is 1.81. The first-order valence-corrected chi connectivity index (χ1v) is 6.18. The smallest absolute Gasteiger partial charge is 0.257 e. The average molecular weight is 293 g/mol. The van der Waals surface area contributed by atoms with Crippen molar-refractivity contribution in [2.24, 2.45) is 0 Å². The minimum Gasteiger partial charge on any atom is -0.508 e. The molecule has 1 atom stereocenters. The largest absolute Gasteiger partial charge is 0.508 e. The Balaban J connectivity index is 2.02. The highest BCUT2D eigenvalue weighted by Crippen LogP contribution is 2.17. The van der Waals surface area contributed by atoms with Crippen molar-refractivity contribution >= 4 is 5.91 Å². The van der Waals surface area contributed by atoms with Crippen LogP contribution in [0.3, 0.4) is 0 Å². The monoisotopic (exact) mass is 293 g/mol. The van der Waals surface area contributed by atoms with E-state index in [1.165, 1.54) is 24.3 Å². The molecule has 2 aromatic rings. The van der Waals surface area contributed by atoms with E-state index in [0.717, 1.165) is 18.2 Å². The number of hydrogen-bond acceptors (Lipinski definition) is 3. The van der Waals surface area contributed by atoms with Crippen LogP contribution in [-0.4, -0.2) is 22.7 Å². The number of aliphatic hydroxyl groups is 1. The highest BCUT2D eigenvalue weighted by atomic mass is 19.1. The minimum atomic E-state index is -1.05. The third-order valence-electron chi connectivity index (χ3n) is 2.92. The molecule has 0 saturated heterocycles. The van der Waals surface area contributed by atoms with Gasteiger partial charge in [0.05, 0.1) is 6.10 Å². The predicted molar refractivity (Wildman–Crippen MR) is 71.8 cm³/mol. The lowest BCUT2D eigenvalue weighted by atomic mass is 10.1. The van der Waals surface area contributed by atoms with E-state index < -0.39 is 29.2 Å². The van der Waals surface area contributed by atoms with Gasteiger partial charge in [-0.1, -0.05) is 18.2 Å². The maximum absolute atomic E-state index is 13.4. The number of hydrogen-bond donors (Lipinski definition) is 3. The van der Waals surface area contributed by atoms with Crippen LogP contribution in [0.4, 0.5) is 8.78 Å². The molecule has 21 heavy (non-hydrogen) atoms. The highest BCUT2D eigenvalue weighted by molar-refractivity contribution is 5.94. The number of carbonyl (C=O) groups excluding carboxylic acids is 1. The summed E-state index contributed by atoms with van der Waals surface area (Å²) in [6, 6.07) is 8.86. The van der Waals surface area contributed by atoms with Gasteiger partial charge >= 0.3 is 0 Å². The lowest BCUT2D eigenvalue weighted by Gasteiger charge is -2.13. The summed E-state index contributed by atoms with van der Waals surface area (Å²) >= 11 is 0. The Kier molecular flexibility index (Phi) is 4.49. The van der Waals surface area contributed by atoms with Gasteiger partial charge in [0.25, 0.3) is 5.91 Å². The number of rotatable bonds is 4. The SMILES string of the molecule is O=C(NCC(O)c1ccc(O)cc1)c1c(F)cccc1F. The molecule has 6 heteroatoms. The predicted octanol–water partition coefficient (Wildman–Crippen LogP) is 2.13. The summed E-state index contributed by atoms with van der Waals surface area (Å²) in [6.45, 7) is -0.211. The summed E-state index contributed by atoms with van der Waals surface area (Å²) in [5, 5.41) is 21.3. The molecule has 0 spiro atoms. The standard InChI is InChI=1S/C15H13F2NO3/c16-11-2-1-3-12(17)14(11)15(21)18-8-13(20)9-4-6-10(19)7-5-9/h1-7,13,19-20H,8H2,(H,18,21). The van der Waals surface area contributed by atoms with E-state index in [1.807, 2.05) is 0 Å². The second-order valence-corrected chi connectivity index (χ2v) is 4.41. The Morgan fingerprint density at radius 1 is 1.10 bits per heavy atom. The number of phenols is 1. The summed E-state index contributed by atoms with van der Waals surface area (Å²) < 4.78 is 26.8. The molecule has 0 fully saturated rings. The van der Waals surface area contributed by atoms with E-state index in [2.05, 4.69) is 5.32 Å². The van der Waals surface area contributed by atoms with Crippen LogP contribution in [0.1, 0.15) is 22.0 Å². The molecule has 0 aromatic heterocycles. The summed E-state index contributed by atoms with van der Waals surface area (Å²) in [5.41, 5.74) is -0.225. The number of amides is 1. The van der Waals surface area contributed by atoms with Gasteiger partial charge in [-0.3, -0.25) is 4.79 Å². The number of aliphatic hydroxyl groups excluding tert-OH is 1. The van der Waals surface area contributed by atoms with E-state index in [9.17, 15) is 18.7 Å². The summed E-state index contributed by atoms with van der Waals surface area (Å²) in [7, 11) is 0. The van der Waals surface area contributed by atoms with E-state index in [-0.39, 0.29) is 12.3 Å². The van der Waals surface area contributed by atoms with E-state index >= 15 is 0 Å². The van der Waals surface area contributed by atoms with Crippen molar-refractivity contribution in [3.8, 4) is 5.75 Å². The van der Waals surface area contributed by atoms with Gasteiger partial charge in [-0.2, -0.15) is 0 Å². The number of phenolic OH excluding ortho intramolecular Hbond substituents is 1. The summed E-state index contributed by atoms with van der Waals surface area (Å²) in [6.07, 6.45) is -1.05. The molecule has 0 aliphatic heterocycles. The summed E-state index contributed by atoms with van der Waals surface area (Å²) in [4.78, 5) is 11.7. The zero-order chi connectivity index (χ0) is 15.4. The molecule has 110 valence electrons. The van der Waals surface area contributed by atoms with Crippen LogP contribution in [0, 0.1) is 11.6 Å². The maximum Gasteiger partial charge on any atom is 0.257 e. The van der Waals surface area contributed by atoms with Crippen LogP contribution in [0.5, 0.6) is 5.75 Å². The van der Waals surface area contributed by atoms with Gasteiger partial charge in [-0.15, -0.1) is 0 Å². The zero-order valence-corrected chi connectivity index (χ0v) is 10.9. The van der Waals surface area contributed by atoms with Gasteiger partial charge in [0.2, 0.25) is 0 Å². The molecular weight excluding hydrogens is 280 g/mol. The van der Waals surface area contributed by atoms with Crippen LogP contribution in [0.25, 0.3) is 0 Å². The molecular formula is C15H13F2NO3. The van der Waals surface area contributed by atoms with Crippen molar-refractivity contribution in [2.75, 3.05) is 6.54 Å². The van der Waals surface area contributed by atoms with Crippen molar-refractivity contribution in [2.45, 2.75) is 6.10 Å². The first kappa shape index (κ1) is 14.9. The Morgan fingerprint density at radius 2 is 1.67 bits per heavy atom. The second kappa shape index (κ2) is 6.32. The van der Waals surface area contributed by atoms with Crippen LogP contribution >= 0.6 is 0 Å². The molecule has 0 aliphatic carbocycles. The number of halogens is 2. The minimum absolute atomic E-state index is 0.0448. The van der Waals surface area contributed by atoms with Gasteiger partial charge in [-0.05, 0) is 29.8 Å². The van der Waals surface area contributed by atoms with Gasteiger partial charge in [0, 0.05) is 6.54 Å². The highest BCUT2D eigenvalue weighted by Gasteiger charge is 2.18. The molecule has 0 aliphatic rings. The third kappa shape index (κ3) is 3.55. The fourth-order valence-corrected chi connectivity index (χ4v) is 1.81. The summed E-state index contributed by atoms with van der Waals surface area (Å²) in [5.74, 6) is -2.83. The van der Waals surface area contributed by atoms with E-state index in [1.54, 1.807) is 0 Å². The molecule has 1 unspecified atom stereocenters. The van der Waals surface area contributed by atoms with Gasteiger partial charge < -0.3 is 15.5 Å². The third-order valence-corrected chi connectivity index (χ3v) is 2.92. The molecule has 1 amide bonds. The van der Waals surface area contributed by atoms with Gasteiger partial charge in [0.15, 0.2) is 0 Å². The topological polar surface area (TPSA) is 69.6 Å². The lowest BCUT2D eigenvalue weighted by molar-refractivity contribution is 0.0908. The number of aromatic hydroxyl groups is 1. The first-order chi connectivity index (χ1) is 9.99. The zero-order valence-electron chi connectivity index (χ0n) is 10.9. The first-order valence-electron chi connectivity index (χ1n) is 6.18. The van der Waals surface area contributed by atoms with E-state index in [4.69, 9.17) is 5.11 Å². The van der Waals surface area contributed by atoms with Crippen LogP contribution in [0.15, 0.2) is 42.5 Å². The number of benzene rings is 2. The molecule has 0 radical (unpaired) electrons. The quantitative estimate of drug-likeness (QED) is 0.809. The molecule has 4 nitrogen and oxygen atoms in total. The van der Waals surface area contributed by atoms with Crippen molar-refractivity contribution in [1.82, 2.24) is 5.32 Å². The number of nitrogens with one attached hydrogen (secondary N) is 1. The van der Waals surface area contributed by atoms with Gasteiger partial charge in [-0.25, -0.2) is 8.78 Å². The fraction of sp³-hybridized carbons (Fsp3) is 0.133. The Labute approximate surface area is 119 Å².